The van der Waals surface area contributed by atoms with Crippen molar-refractivity contribution in [1.29, 1.82) is 0 Å². The van der Waals surface area contributed by atoms with E-state index in [9.17, 15) is 9.59 Å². The molecule has 2 aromatic carbocycles. The Bertz CT molecular complexity index is 988. The number of nitrogens with zero attached hydrogens (tertiary/aromatic N) is 2. The molecule has 32 heavy (non-hydrogen) atoms. The summed E-state index contributed by atoms with van der Waals surface area (Å²) in [5.74, 6) is 0.690. The number of halogens is 1. The van der Waals surface area contributed by atoms with Crippen LogP contribution in [0, 0.1) is 12.8 Å². The van der Waals surface area contributed by atoms with Gasteiger partial charge in [0.25, 0.3) is 0 Å². The number of ether oxygens (including phenoxy) is 1. The number of amides is 3. The first-order valence-corrected chi connectivity index (χ1v) is 11.7. The van der Waals surface area contributed by atoms with E-state index in [1.807, 2.05) is 59.2 Å². The highest BCUT2D eigenvalue weighted by atomic mass is 35.5. The van der Waals surface area contributed by atoms with E-state index in [1.54, 1.807) is 0 Å². The SMILES string of the molecule is CC[C@@H]1CN(C(=O)N2CCC(C(=O)NCc3ccccc3Cl)CC2)c2cc(C)ccc2O1. The third kappa shape index (κ3) is 4.85. The minimum Gasteiger partial charge on any atom is -0.486 e. The highest BCUT2D eigenvalue weighted by Gasteiger charge is 2.34. The molecule has 0 spiro atoms. The zero-order valence-corrected chi connectivity index (χ0v) is 19.4. The van der Waals surface area contributed by atoms with Gasteiger partial charge in [0.2, 0.25) is 5.91 Å². The molecule has 1 N–H and O–H groups in total. The molecule has 1 saturated heterocycles. The lowest BCUT2D eigenvalue weighted by molar-refractivity contribution is -0.126. The van der Waals surface area contributed by atoms with Crippen LogP contribution in [0.25, 0.3) is 0 Å². The largest absolute Gasteiger partial charge is 0.486 e. The Morgan fingerprint density at radius 2 is 1.91 bits per heavy atom. The molecule has 2 heterocycles. The first kappa shape index (κ1) is 22.5. The number of hydrogen-bond donors (Lipinski definition) is 1. The van der Waals surface area contributed by atoms with Gasteiger partial charge < -0.3 is 15.0 Å². The Labute approximate surface area is 194 Å². The highest BCUT2D eigenvalue weighted by Crippen LogP contribution is 2.36. The summed E-state index contributed by atoms with van der Waals surface area (Å²) in [4.78, 5) is 29.8. The molecule has 3 amide bonds. The summed E-state index contributed by atoms with van der Waals surface area (Å²) >= 11 is 6.18. The van der Waals surface area contributed by atoms with Gasteiger partial charge in [-0.1, -0.05) is 42.8 Å². The maximum Gasteiger partial charge on any atom is 0.324 e. The molecule has 2 aliphatic rings. The fourth-order valence-corrected chi connectivity index (χ4v) is 4.53. The van der Waals surface area contributed by atoms with Gasteiger partial charge >= 0.3 is 6.03 Å². The Hall–Kier alpha value is -2.73. The molecule has 7 heteroatoms. The highest BCUT2D eigenvalue weighted by molar-refractivity contribution is 6.31. The Morgan fingerprint density at radius 1 is 1.16 bits per heavy atom. The van der Waals surface area contributed by atoms with Crippen molar-refractivity contribution in [1.82, 2.24) is 10.2 Å². The summed E-state index contributed by atoms with van der Waals surface area (Å²) in [5, 5.41) is 3.65. The minimum atomic E-state index is -0.0934. The third-order valence-corrected chi connectivity index (χ3v) is 6.69. The lowest BCUT2D eigenvalue weighted by Crippen LogP contribution is -2.52. The van der Waals surface area contributed by atoms with E-state index in [4.69, 9.17) is 16.3 Å². The lowest BCUT2D eigenvalue weighted by Gasteiger charge is -2.39. The topological polar surface area (TPSA) is 61.9 Å². The van der Waals surface area contributed by atoms with Crippen molar-refractivity contribution in [3.8, 4) is 5.75 Å². The van der Waals surface area contributed by atoms with Crippen molar-refractivity contribution >= 4 is 29.2 Å². The van der Waals surface area contributed by atoms with Crippen molar-refractivity contribution in [3.63, 3.8) is 0 Å². The number of piperidine rings is 1. The zero-order valence-electron chi connectivity index (χ0n) is 18.6. The molecule has 1 atom stereocenters. The number of fused-ring (bicyclic) bond motifs is 1. The third-order valence-electron chi connectivity index (χ3n) is 6.32. The van der Waals surface area contributed by atoms with Gasteiger partial charge in [0.1, 0.15) is 11.9 Å². The average Bonchev–Trinajstić information content (AvgIpc) is 2.82. The Balaban J connectivity index is 1.36. The summed E-state index contributed by atoms with van der Waals surface area (Å²) in [7, 11) is 0. The molecule has 6 nitrogen and oxygen atoms in total. The lowest BCUT2D eigenvalue weighted by atomic mass is 9.96. The van der Waals surface area contributed by atoms with E-state index >= 15 is 0 Å². The number of carbonyl (C=O) groups is 2. The Morgan fingerprint density at radius 3 is 2.62 bits per heavy atom. The van der Waals surface area contributed by atoms with E-state index in [2.05, 4.69) is 12.2 Å². The number of anilines is 1. The molecule has 0 unspecified atom stereocenters. The maximum atomic E-state index is 13.4. The van der Waals surface area contributed by atoms with Crippen molar-refractivity contribution in [2.45, 2.75) is 45.8 Å². The number of hydrogen-bond acceptors (Lipinski definition) is 3. The van der Waals surface area contributed by atoms with Crippen LogP contribution in [0.5, 0.6) is 5.75 Å². The van der Waals surface area contributed by atoms with Crippen LogP contribution < -0.4 is 15.0 Å². The van der Waals surface area contributed by atoms with Crippen LogP contribution in [0.4, 0.5) is 10.5 Å². The number of nitrogens with one attached hydrogen (secondary N) is 1. The summed E-state index contributed by atoms with van der Waals surface area (Å²) in [6.07, 6.45) is 2.14. The Kier molecular flexibility index (Phi) is 6.89. The first-order chi connectivity index (χ1) is 15.5. The molecular weight excluding hydrogens is 426 g/mol. The predicted octanol–water partition coefficient (Wildman–Crippen LogP) is 4.77. The molecule has 0 aliphatic carbocycles. The molecular formula is C25H30ClN3O3. The monoisotopic (exact) mass is 455 g/mol. The predicted molar refractivity (Wildman–Crippen MR) is 126 cm³/mol. The van der Waals surface area contributed by atoms with E-state index in [0.717, 1.165) is 29.0 Å². The minimum absolute atomic E-state index is 0.00599. The van der Waals surface area contributed by atoms with Crippen LogP contribution in [-0.2, 0) is 11.3 Å². The molecule has 0 saturated carbocycles. The van der Waals surface area contributed by atoms with Gasteiger partial charge in [0.05, 0.1) is 12.2 Å². The van der Waals surface area contributed by atoms with Gasteiger partial charge in [-0.15, -0.1) is 0 Å². The molecule has 1 fully saturated rings. The number of aryl methyl sites for hydroxylation is 1. The molecule has 0 aromatic heterocycles. The van der Waals surface area contributed by atoms with Crippen LogP contribution in [-0.4, -0.2) is 42.6 Å². The van der Waals surface area contributed by atoms with Crippen LogP contribution in [0.2, 0.25) is 5.02 Å². The van der Waals surface area contributed by atoms with Crippen molar-refractivity contribution in [2.24, 2.45) is 5.92 Å². The summed E-state index contributed by atoms with van der Waals surface area (Å²) in [6.45, 7) is 6.18. The number of rotatable bonds is 4. The smallest absolute Gasteiger partial charge is 0.324 e. The molecule has 0 bridgehead atoms. The molecule has 2 aliphatic heterocycles. The number of likely N-dealkylation sites (tertiary alicyclic amines) is 1. The van der Waals surface area contributed by atoms with E-state index in [-0.39, 0.29) is 24.0 Å². The van der Waals surface area contributed by atoms with Crippen molar-refractivity contribution in [3.05, 3.63) is 58.6 Å². The standard InChI is InChI=1S/C25H30ClN3O3/c1-3-20-16-29(22-14-17(2)8-9-23(22)32-20)25(31)28-12-10-18(11-13-28)24(30)27-15-19-6-4-5-7-21(19)26/h4-9,14,18,20H,3,10-13,15-16H2,1-2H3,(H,27,30)/t20-/m1/s1. The average molecular weight is 456 g/mol. The number of benzene rings is 2. The van der Waals surface area contributed by atoms with Crippen molar-refractivity contribution < 1.29 is 14.3 Å². The van der Waals surface area contributed by atoms with Gasteiger partial charge in [-0.05, 0) is 55.5 Å². The van der Waals surface area contributed by atoms with Crippen LogP contribution in [0.15, 0.2) is 42.5 Å². The van der Waals surface area contributed by atoms with Crippen LogP contribution in [0.3, 0.4) is 0 Å². The maximum absolute atomic E-state index is 13.4. The molecule has 0 radical (unpaired) electrons. The second-order valence-corrected chi connectivity index (χ2v) is 8.99. The molecule has 2 aromatic rings. The number of carbonyl (C=O) groups excluding carboxylic acids is 2. The van der Waals surface area contributed by atoms with E-state index in [0.29, 0.717) is 44.0 Å². The van der Waals surface area contributed by atoms with E-state index < -0.39 is 0 Å². The first-order valence-electron chi connectivity index (χ1n) is 11.3. The summed E-state index contributed by atoms with van der Waals surface area (Å²) in [5.41, 5.74) is 2.83. The molecule has 4 rings (SSSR count). The van der Waals surface area contributed by atoms with Gasteiger partial charge in [-0.25, -0.2) is 4.79 Å². The van der Waals surface area contributed by atoms with Crippen LogP contribution in [0.1, 0.15) is 37.3 Å². The van der Waals surface area contributed by atoms with Gasteiger partial charge in [0, 0.05) is 30.6 Å². The second-order valence-electron chi connectivity index (χ2n) is 8.58. The fourth-order valence-electron chi connectivity index (χ4n) is 4.32. The molecule has 170 valence electrons. The van der Waals surface area contributed by atoms with Crippen LogP contribution >= 0.6 is 11.6 Å². The fraction of sp³-hybridized carbons (Fsp3) is 0.440. The van der Waals surface area contributed by atoms with Crippen molar-refractivity contribution in [2.75, 3.05) is 24.5 Å². The summed E-state index contributed by atoms with van der Waals surface area (Å²) in [6, 6.07) is 13.5. The van der Waals surface area contributed by atoms with Gasteiger partial charge in [-0.2, -0.15) is 0 Å². The number of urea groups is 1. The summed E-state index contributed by atoms with van der Waals surface area (Å²) < 4.78 is 6.05. The quantitative estimate of drug-likeness (QED) is 0.722. The van der Waals surface area contributed by atoms with Gasteiger partial charge in [0.15, 0.2) is 0 Å². The second kappa shape index (κ2) is 9.82. The van der Waals surface area contributed by atoms with Gasteiger partial charge in [-0.3, -0.25) is 9.69 Å². The van der Waals surface area contributed by atoms with E-state index in [1.165, 1.54) is 0 Å². The zero-order chi connectivity index (χ0) is 22.7. The normalized spacial score (nSPS) is 18.7.